The Morgan fingerprint density at radius 2 is 1.59 bits per heavy atom. The predicted octanol–water partition coefficient (Wildman–Crippen LogP) is 3.17. The minimum Gasteiger partial charge on any atom is -0.352 e. The van der Waals surface area contributed by atoms with Crippen molar-refractivity contribution >= 4 is 28.5 Å². The van der Waals surface area contributed by atoms with Gasteiger partial charge in [0.1, 0.15) is 12.7 Å². The van der Waals surface area contributed by atoms with Gasteiger partial charge in [-0.15, -0.1) is 0 Å². The summed E-state index contributed by atoms with van der Waals surface area (Å²) in [4.78, 5) is 43.6. The number of rotatable bonds is 8. The van der Waals surface area contributed by atoms with Crippen LogP contribution < -0.4 is 5.32 Å². The Morgan fingerprint density at radius 3 is 2.26 bits per heavy atom. The first-order chi connectivity index (χ1) is 16.6. The molecule has 1 N–H and O–H groups in total. The van der Waals surface area contributed by atoms with Gasteiger partial charge in [0, 0.05) is 36.0 Å². The summed E-state index contributed by atoms with van der Waals surface area (Å²) in [6.07, 6.45) is 3.74. The maximum atomic E-state index is 13.0. The van der Waals surface area contributed by atoms with Gasteiger partial charge in [0.2, 0.25) is 5.91 Å². The molecule has 1 aromatic heterocycles. The third-order valence-electron chi connectivity index (χ3n) is 6.03. The van der Waals surface area contributed by atoms with E-state index in [1.807, 2.05) is 48.5 Å². The lowest BCUT2D eigenvalue weighted by Gasteiger charge is -2.27. The highest BCUT2D eigenvalue weighted by atomic mass is 16.2. The predicted molar refractivity (Wildman–Crippen MR) is 126 cm³/mol. The molecule has 4 aromatic rings. The lowest BCUT2D eigenvalue weighted by Crippen LogP contribution is -2.41. The largest absolute Gasteiger partial charge is 0.352 e. The number of hydrogen-bond acceptors (Lipinski definition) is 5. The van der Waals surface area contributed by atoms with E-state index in [-0.39, 0.29) is 30.7 Å². The number of aromatic nitrogens is 3. The number of nitrogens with one attached hydrogen (secondary N) is 1. The minimum absolute atomic E-state index is 0.130. The number of carbonyl (C=O) groups is 3. The SMILES string of the molecule is O=C(CCCN1C(=O)c2cccc3cccc(c23)C1=O)NCc1ccccc1Cn1cncn1. The third-order valence-corrected chi connectivity index (χ3v) is 6.03. The molecule has 0 fully saturated rings. The molecule has 0 spiro atoms. The Balaban J connectivity index is 1.18. The molecular weight excluding hydrogens is 430 g/mol. The fourth-order valence-electron chi connectivity index (χ4n) is 4.34. The molecule has 170 valence electrons. The summed E-state index contributed by atoms with van der Waals surface area (Å²) in [5, 5.41) is 8.65. The Bertz CT molecular complexity index is 1330. The summed E-state index contributed by atoms with van der Waals surface area (Å²) in [6, 6.07) is 18.8. The van der Waals surface area contributed by atoms with Gasteiger partial charge in [-0.3, -0.25) is 19.3 Å². The highest BCUT2D eigenvalue weighted by Crippen LogP contribution is 2.30. The van der Waals surface area contributed by atoms with Crippen molar-refractivity contribution < 1.29 is 14.4 Å². The van der Waals surface area contributed by atoms with Gasteiger partial charge in [0.25, 0.3) is 11.8 Å². The molecule has 1 aliphatic rings. The third kappa shape index (κ3) is 4.17. The van der Waals surface area contributed by atoms with Crippen LogP contribution in [0, 0.1) is 0 Å². The maximum Gasteiger partial charge on any atom is 0.261 e. The van der Waals surface area contributed by atoms with Gasteiger partial charge in [-0.1, -0.05) is 48.5 Å². The van der Waals surface area contributed by atoms with Crippen LogP contribution in [-0.4, -0.2) is 43.9 Å². The van der Waals surface area contributed by atoms with E-state index in [0.717, 1.165) is 16.5 Å². The smallest absolute Gasteiger partial charge is 0.261 e. The van der Waals surface area contributed by atoms with Gasteiger partial charge in [-0.2, -0.15) is 5.10 Å². The second kappa shape index (κ2) is 9.27. The van der Waals surface area contributed by atoms with E-state index in [9.17, 15) is 14.4 Å². The van der Waals surface area contributed by atoms with E-state index in [0.29, 0.717) is 36.0 Å². The number of imide groups is 1. The van der Waals surface area contributed by atoms with Crippen molar-refractivity contribution in [2.45, 2.75) is 25.9 Å². The average molecular weight is 454 g/mol. The molecule has 5 rings (SSSR count). The zero-order chi connectivity index (χ0) is 23.5. The average Bonchev–Trinajstić information content (AvgIpc) is 3.37. The van der Waals surface area contributed by atoms with Crippen molar-refractivity contribution in [1.82, 2.24) is 25.0 Å². The second-order valence-corrected chi connectivity index (χ2v) is 8.21. The Morgan fingerprint density at radius 1 is 0.882 bits per heavy atom. The molecule has 3 aromatic carbocycles. The van der Waals surface area contributed by atoms with Crippen LogP contribution in [0.2, 0.25) is 0 Å². The quantitative estimate of drug-likeness (QED) is 0.413. The second-order valence-electron chi connectivity index (χ2n) is 8.21. The van der Waals surface area contributed by atoms with Crippen molar-refractivity contribution in [3.05, 3.63) is 95.6 Å². The Kier molecular flexibility index (Phi) is 5.86. The number of amides is 3. The Hall–Kier alpha value is -4.33. The van der Waals surface area contributed by atoms with Crippen molar-refractivity contribution in [3.8, 4) is 0 Å². The van der Waals surface area contributed by atoms with Gasteiger partial charge in [-0.25, -0.2) is 9.67 Å². The molecule has 8 nitrogen and oxygen atoms in total. The number of carbonyl (C=O) groups excluding carboxylic acids is 3. The van der Waals surface area contributed by atoms with Crippen LogP contribution in [0.4, 0.5) is 0 Å². The van der Waals surface area contributed by atoms with E-state index >= 15 is 0 Å². The first kappa shape index (κ1) is 21.5. The minimum atomic E-state index is -0.309. The van der Waals surface area contributed by atoms with Crippen LogP contribution in [0.3, 0.4) is 0 Å². The van der Waals surface area contributed by atoms with Crippen LogP contribution in [0.25, 0.3) is 10.8 Å². The van der Waals surface area contributed by atoms with E-state index in [4.69, 9.17) is 0 Å². The molecular formula is C26H23N5O3. The van der Waals surface area contributed by atoms with Crippen molar-refractivity contribution in [2.75, 3.05) is 6.54 Å². The topological polar surface area (TPSA) is 97.2 Å². The van der Waals surface area contributed by atoms with Gasteiger partial charge >= 0.3 is 0 Å². The van der Waals surface area contributed by atoms with Gasteiger partial charge in [0.15, 0.2) is 0 Å². The first-order valence-electron chi connectivity index (χ1n) is 11.2. The zero-order valence-electron chi connectivity index (χ0n) is 18.5. The van der Waals surface area contributed by atoms with Gasteiger partial charge in [-0.05, 0) is 35.1 Å². The van der Waals surface area contributed by atoms with E-state index in [2.05, 4.69) is 15.4 Å². The van der Waals surface area contributed by atoms with Crippen molar-refractivity contribution in [3.63, 3.8) is 0 Å². The van der Waals surface area contributed by atoms with E-state index in [1.165, 1.54) is 11.2 Å². The van der Waals surface area contributed by atoms with E-state index < -0.39 is 0 Å². The first-order valence-corrected chi connectivity index (χ1v) is 11.2. The highest BCUT2D eigenvalue weighted by molar-refractivity contribution is 6.25. The highest BCUT2D eigenvalue weighted by Gasteiger charge is 2.32. The fraction of sp³-hybridized carbons (Fsp3) is 0.192. The molecule has 1 aliphatic heterocycles. The fourth-order valence-corrected chi connectivity index (χ4v) is 4.34. The van der Waals surface area contributed by atoms with Crippen molar-refractivity contribution in [1.29, 1.82) is 0 Å². The normalized spacial score (nSPS) is 12.9. The molecule has 34 heavy (non-hydrogen) atoms. The van der Waals surface area contributed by atoms with Crippen LogP contribution in [0.15, 0.2) is 73.3 Å². The van der Waals surface area contributed by atoms with Gasteiger partial charge in [0.05, 0.1) is 6.54 Å². The molecule has 0 radical (unpaired) electrons. The lowest BCUT2D eigenvalue weighted by atomic mass is 9.94. The summed E-state index contributed by atoms with van der Waals surface area (Å²) < 4.78 is 1.73. The summed E-state index contributed by atoms with van der Waals surface area (Å²) in [5.41, 5.74) is 3.10. The molecule has 0 saturated heterocycles. The summed E-state index contributed by atoms with van der Waals surface area (Å²) >= 11 is 0. The number of nitrogens with zero attached hydrogens (tertiary/aromatic N) is 4. The lowest BCUT2D eigenvalue weighted by molar-refractivity contribution is -0.121. The molecule has 0 bridgehead atoms. The molecule has 2 heterocycles. The van der Waals surface area contributed by atoms with Crippen LogP contribution in [0.5, 0.6) is 0 Å². The molecule has 3 amide bonds. The molecule has 0 unspecified atom stereocenters. The molecule has 8 heteroatoms. The van der Waals surface area contributed by atoms with Crippen LogP contribution in [-0.2, 0) is 17.9 Å². The standard InChI is InChI=1S/C26H23N5O3/c32-23(28-14-19-6-1-2-7-20(19)15-30-17-27-16-29-30)12-5-13-31-25(33)21-10-3-8-18-9-4-11-22(24(18)21)26(31)34/h1-4,6-11,16-17H,5,12-15H2,(H,28,32). The zero-order valence-corrected chi connectivity index (χ0v) is 18.5. The molecule has 0 aliphatic carbocycles. The number of benzene rings is 3. The molecule has 0 saturated carbocycles. The van der Waals surface area contributed by atoms with Gasteiger partial charge < -0.3 is 5.32 Å². The Labute approximate surface area is 196 Å². The van der Waals surface area contributed by atoms with Crippen LogP contribution >= 0.6 is 0 Å². The maximum absolute atomic E-state index is 13.0. The van der Waals surface area contributed by atoms with E-state index in [1.54, 1.807) is 23.1 Å². The summed E-state index contributed by atoms with van der Waals surface area (Å²) in [5.74, 6) is -0.747. The monoisotopic (exact) mass is 453 g/mol. The summed E-state index contributed by atoms with van der Waals surface area (Å²) in [7, 11) is 0. The number of hydrogen-bond donors (Lipinski definition) is 1. The molecule has 0 atom stereocenters. The summed E-state index contributed by atoms with van der Waals surface area (Å²) in [6.45, 7) is 1.15. The van der Waals surface area contributed by atoms with Crippen molar-refractivity contribution in [2.24, 2.45) is 0 Å². The van der Waals surface area contributed by atoms with Crippen LogP contribution in [0.1, 0.15) is 44.7 Å².